The third-order valence-corrected chi connectivity index (χ3v) is 3.44. The third-order valence-electron chi connectivity index (χ3n) is 3.44. The molecular formula is C19H18O4. The number of fused-ring (bicyclic) bond motifs is 1. The van der Waals surface area contributed by atoms with Crippen molar-refractivity contribution in [2.75, 3.05) is 13.2 Å². The molecule has 1 aromatic rings. The highest BCUT2D eigenvalue weighted by atomic mass is 16.6. The van der Waals surface area contributed by atoms with Crippen LogP contribution in [0.3, 0.4) is 0 Å². The second-order valence-electron chi connectivity index (χ2n) is 4.95. The van der Waals surface area contributed by atoms with Gasteiger partial charge in [0.2, 0.25) is 0 Å². The molecule has 0 radical (unpaired) electrons. The standard InChI is InChI=1S/C19H18O4/c1-3-5-6-14(4-2)16(20)8-9-17(21)15-7-10-18-19(13-15)23-12-11-22-18/h1,4-7,10,13H,8-9,11-12H2,2H3/b6-5-,14-4+. The maximum atomic E-state index is 12.2. The van der Waals surface area contributed by atoms with Crippen LogP contribution in [0.5, 0.6) is 11.5 Å². The van der Waals surface area contributed by atoms with Gasteiger partial charge in [0.05, 0.1) is 0 Å². The highest BCUT2D eigenvalue weighted by Gasteiger charge is 2.16. The van der Waals surface area contributed by atoms with Gasteiger partial charge in [-0.25, -0.2) is 0 Å². The molecule has 2 rings (SSSR count). The molecule has 0 bridgehead atoms. The molecule has 118 valence electrons. The van der Waals surface area contributed by atoms with Gasteiger partial charge < -0.3 is 9.47 Å². The number of ketones is 2. The number of benzene rings is 1. The molecule has 0 fully saturated rings. The fourth-order valence-corrected chi connectivity index (χ4v) is 2.22. The SMILES string of the molecule is C#C/C=C\C(=C/C)C(=O)CCC(=O)c1ccc2c(c1)OCCO2. The van der Waals surface area contributed by atoms with Crippen molar-refractivity contribution in [1.29, 1.82) is 0 Å². The first-order chi connectivity index (χ1) is 11.2. The summed E-state index contributed by atoms with van der Waals surface area (Å²) >= 11 is 0. The van der Waals surface area contributed by atoms with Crippen LogP contribution < -0.4 is 9.47 Å². The van der Waals surface area contributed by atoms with Crippen molar-refractivity contribution in [1.82, 2.24) is 0 Å². The summed E-state index contributed by atoms with van der Waals surface area (Å²) in [6, 6.07) is 5.07. The predicted octanol–water partition coefficient (Wildman–Crippen LogP) is 3.13. The fraction of sp³-hybridized carbons (Fsp3) is 0.263. The van der Waals surface area contributed by atoms with Gasteiger partial charge in [-0.15, -0.1) is 6.42 Å². The summed E-state index contributed by atoms with van der Waals surface area (Å²) in [5.74, 6) is 3.34. The molecule has 0 saturated carbocycles. The van der Waals surface area contributed by atoms with Crippen molar-refractivity contribution in [3.63, 3.8) is 0 Å². The lowest BCUT2D eigenvalue weighted by atomic mass is 10.0. The van der Waals surface area contributed by atoms with Gasteiger partial charge in [-0.2, -0.15) is 0 Å². The van der Waals surface area contributed by atoms with E-state index in [9.17, 15) is 9.59 Å². The quantitative estimate of drug-likeness (QED) is 0.350. The molecular weight excluding hydrogens is 292 g/mol. The molecule has 1 aliphatic heterocycles. The number of carbonyl (C=O) groups is 2. The zero-order valence-corrected chi connectivity index (χ0v) is 13.0. The first-order valence-electron chi connectivity index (χ1n) is 7.40. The summed E-state index contributed by atoms with van der Waals surface area (Å²) in [5, 5.41) is 0. The monoisotopic (exact) mass is 310 g/mol. The Morgan fingerprint density at radius 3 is 2.65 bits per heavy atom. The lowest BCUT2D eigenvalue weighted by molar-refractivity contribution is -0.115. The Labute approximate surface area is 135 Å². The van der Waals surface area contributed by atoms with Crippen molar-refractivity contribution in [3.8, 4) is 23.8 Å². The first-order valence-corrected chi connectivity index (χ1v) is 7.40. The lowest BCUT2D eigenvalue weighted by Gasteiger charge is -2.18. The number of rotatable bonds is 6. The Hall–Kier alpha value is -2.80. The van der Waals surface area contributed by atoms with E-state index in [0.29, 0.717) is 35.8 Å². The summed E-state index contributed by atoms with van der Waals surface area (Å²) < 4.78 is 10.9. The van der Waals surface area contributed by atoms with Crippen LogP contribution in [-0.4, -0.2) is 24.8 Å². The van der Waals surface area contributed by atoms with E-state index in [1.807, 2.05) is 0 Å². The molecule has 0 amide bonds. The van der Waals surface area contributed by atoms with Gasteiger partial charge in [0.25, 0.3) is 0 Å². The molecule has 1 aromatic carbocycles. The lowest BCUT2D eigenvalue weighted by Crippen LogP contribution is -2.16. The molecule has 23 heavy (non-hydrogen) atoms. The van der Waals surface area contributed by atoms with Gasteiger partial charge in [-0.3, -0.25) is 9.59 Å². The van der Waals surface area contributed by atoms with Crippen molar-refractivity contribution in [2.24, 2.45) is 0 Å². The largest absolute Gasteiger partial charge is 0.486 e. The number of allylic oxidation sites excluding steroid dienone is 4. The summed E-state index contributed by atoms with van der Waals surface area (Å²) in [6.07, 6.45) is 10.1. The van der Waals surface area contributed by atoms with Crippen molar-refractivity contribution in [3.05, 3.63) is 47.6 Å². The molecule has 0 unspecified atom stereocenters. The Kier molecular flexibility index (Phi) is 5.76. The van der Waals surface area contributed by atoms with Crippen LogP contribution in [0.15, 0.2) is 42.0 Å². The van der Waals surface area contributed by atoms with Crippen LogP contribution in [0.4, 0.5) is 0 Å². The molecule has 1 heterocycles. The third kappa shape index (κ3) is 4.33. The van der Waals surface area contributed by atoms with E-state index in [1.54, 1.807) is 37.3 Å². The van der Waals surface area contributed by atoms with E-state index in [2.05, 4.69) is 5.92 Å². The van der Waals surface area contributed by atoms with Crippen molar-refractivity contribution < 1.29 is 19.1 Å². The van der Waals surface area contributed by atoms with E-state index < -0.39 is 0 Å². The second kappa shape index (κ2) is 8.00. The van der Waals surface area contributed by atoms with Gasteiger partial charge in [0.1, 0.15) is 13.2 Å². The number of hydrogen-bond donors (Lipinski definition) is 0. The average Bonchev–Trinajstić information content (AvgIpc) is 2.59. The van der Waals surface area contributed by atoms with Gasteiger partial charge in [-0.05, 0) is 37.3 Å². The van der Waals surface area contributed by atoms with Crippen LogP contribution in [0.25, 0.3) is 0 Å². The minimum absolute atomic E-state index is 0.105. The molecule has 0 aromatic heterocycles. The molecule has 0 atom stereocenters. The highest BCUT2D eigenvalue weighted by Crippen LogP contribution is 2.31. The van der Waals surface area contributed by atoms with Crippen LogP contribution in [0.2, 0.25) is 0 Å². The maximum absolute atomic E-state index is 12.2. The zero-order chi connectivity index (χ0) is 16.7. The Balaban J connectivity index is 1.98. The number of Topliss-reactive ketones (excluding diaryl/α,β-unsaturated/α-hetero) is 2. The maximum Gasteiger partial charge on any atom is 0.163 e. The number of hydrogen-bond acceptors (Lipinski definition) is 4. The summed E-state index contributed by atoms with van der Waals surface area (Å²) in [6.45, 7) is 2.73. The topological polar surface area (TPSA) is 52.6 Å². The second-order valence-corrected chi connectivity index (χ2v) is 4.95. The molecule has 4 nitrogen and oxygen atoms in total. The number of carbonyl (C=O) groups excluding carboxylic acids is 2. The minimum Gasteiger partial charge on any atom is -0.486 e. The van der Waals surface area contributed by atoms with E-state index >= 15 is 0 Å². The van der Waals surface area contributed by atoms with E-state index in [1.165, 1.54) is 6.08 Å². The Morgan fingerprint density at radius 2 is 1.96 bits per heavy atom. The average molecular weight is 310 g/mol. The summed E-state index contributed by atoms with van der Waals surface area (Å²) in [4.78, 5) is 24.3. The zero-order valence-electron chi connectivity index (χ0n) is 13.0. The predicted molar refractivity (Wildman–Crippen MR) is 87.7 cm³/mol. The van der Waals surface area contributed by atoms with E-state index in [-0.39, 0.29) is 24.4 Å². The van der Waals surface area contributed by atoms with Gasteiger partial charge in [-0.1, -0.05) is 12.0 Å². The molecule has 1 aliphatic rings. The van der Waals surface area contributed by atoms with Crippen molar-refractivity contribution in [2.45, 2.75) is 19.8 Å². The fourth-order valence-electron chi connectivity index (χ4n) is 2.22. The Morgan fingerprint density at radius 1 is 1.22 bits per heavy atom. The van der Waals surface area contributed by atoms with Crippen molar-refractivity contribution >= 4 is 11.6 Å². The molecule has 0 spiro atoms. The van der Waals surface area contributed by atoms with Crippen LogP contribution in [-0.2, 0) is 4.79 Å². The normalized spacial score (nSPS) is 13.7. The summed E-state index contributed by atoms with van der Waals surface area (Å²) in [7, 11) is 0. The highest BCUT2D eigenvalue weighted by molar-refractivity contribution is 6.03. The number of ether oxygens (including phenoxy) is 2. The summed E-state index contributed by atoms with van der Waals surface area (Å²) in [5.41, 5.74) is 1.03. The van der Waals surface area contributed by atoms with Gasteiger partial charge in [0.15, 0.2) is 23.1 Å². The van der Waals surface area contributed by atoms with E-state index in [4.69, 9.17) is 15.9 Å². The van der Waals surface area contributed by atoms with Crippen LogP contribution in [0, 0.1) is 12.3 Å². The number of terminal acetylenes is 1. The molecule has 0 aliphatic carbocycles. The van der Waals surface area contributed by atoms with E-state index in [0.717, 1.165) is 0 Å². The molecule has 0 N–H and O–H groups in total. The Bertz CT molecular complexity index is 705. The minimum atomic E-state index is -0.107. The van der Waals surface area contributed by atoms with Gasteiger partial charge in [0, 0.05) is 24.0 Å². The molecule has 0 saturated heterocycles. The molecule has 4 heteroatoms. The van der Waals surface area contributed by atoms with Crippen LogP contribution >= 0.6 is 0 Å². The van der Waals surface area contributed by atoms with Gasteiger partial charge >= 0.3 is 0 Å². The first kappa shape index (κ1) is 16.6. The van der Waals surface area contributed by atoms with Crippen LogP contribution in [0.1, 0.15) is 30.1 Å². The smallest absolute Gasteiger partial charge is 0.163 e.